The van der Waals surface area contributed by atoms with Gasteiger partial charge >= 0.3 is 0 Å². The number of thiocarbonyl (C=S) groups is 1. The molecule has 2 rings (SSSR count). The minimum atomic E-state index is -0.462. The number of halogens is 2. The molecule has 0 radical (unpaired) electrons. The Morgan fingerprint density at radius 3 is 2.81 bits per heavy atom. The van der Waals surface area contributed by atoms with Crippen molar-refractivity contribution in [1.82, 2.24) is 0 Å². The number of anilines is 1. The van der Waals surface area contributed by atoms with Crippen LogP contribution in [0.1, 0.15) is 5.76 Å². The van der Waals surface area contributed by atoms with Gasteiger partial charge in [0.05, 0.1) is 11.3 Å². The van der Waals surface area contributed by atoms with Gasteiger partial charge in [-0.1, -0.05) is 23.8 Å². The first-order valence-corrected chi connectivity index (χ1v) is 5.25. The van der Waals surface area contributed by atoms with Crippen molar-refractivity contribution in [3.05, 3.63) is 53.2 Å². The first-order valence-electron chi connectivity index (χ1n) is 4.47. The summed E-state index contributed by atoms with van der Waals surface area (Å²) in [5, 5.41) is 2.95. The highest BCUT2D eigenvalue weighted by Crippen LogP contribution is 2.20. The fourth-order valence-corrected chi connectivity index (χ4v) is 1.59. The van der Waals surface area contributed by atoms with Crippen LogP contribution < -0.4 is 5.32 Å². The van der Waals surface area contributed by atoms with Crippen molar-refractivity contribution in [2.24, 2.45) is 0 Å². The van der Waals surface area contributed by atoms with Gasteiger partial charge in [0, 0.05) is 5.69 Å². The second-order valence-corrected chi connectivity index (χ2v) is 3.88. The second-order valence-electron chi connectivity index (χ2n) is 3.06. The first kappa shape index (κ1) is 11.1. The minimum absolute atomic E-state index is 0.0484. The van der Waals surface area contributed by atoms with E-state index in [1.165, 1.54) is 18.4 Å². The van der Waals surface area contributed by atoms with Crippen molar-refractivity contribution in [3.8, 4) is 0 Å². The van der Waals surface area contributed by atoms with Gasteiger partial charge < -0.3 is 9.73 Å². The smallest absolute Gasteiger partial charge is 0.161 e. The average Bonchev–Trinajstić information content (AvgIpc) is 2.77. The molecule has 2 aromatic rings. The molecule has 0 aliphatic carbocycles. The molecule has 16 heavy (non-hydrogen) atoms. The van der Waals surface area contributed by atoms with Gasteiger partial charge in [0.2, 0.25) is 0 Å². The maximum absolute atomic E-state index is 12.9. The van der Waals surface area contributed by atoms with Crippen LogP contribution in [0.4, 0.5) is 10.1 Å². The molecule has 0 saturated carbocycles. The van der Waals surface area contributed by atoms with Gasteiger partial charge in [-0.2, -0.15) is 0 Å². The zero-order valence-electron chi connectivity index (χ0n) is 8.04. The fraction of sp³-hybridized carbons (Fsp3) is 0. The Morgan fingerprint density at radius 2 is 2.19 bits per heavy atom. The van der Waals surface area contributed by atoms with Crippen LogP contribution in [0.15, 0.2) is 41.0 Å². The molecule has 0 aliphatic heterocycles. The van der Waals surface area contributed by atoms with Gasteiger partial charge in [0.15, 0.2) is 5.76 Å². The SMILES string of the molecule is Fc1ccc(NC(=S)c2ccco2)cc1Cl. The van der Waals surface area contributed by atoms with Crippen LogP contribution in [0.5, 0.6) is 0 Å². The van der Waals surface area contributed by atoms with Crippen molar-refractivity contribution >= 4 is 34.5 Å². The Kier molecular flexibility index (Phi) is 3.22. The number of hydrogen-bond donors (Lipinski definition) is 1. The molecule has 0 aliphatic rings. The van der Waals surface area contributed by atoms with Crippen molar-refractivity contribution < 1.29 is 8.81 Å². The third-order valence-electron chi connectivity index (χ3n) is 1.92. The van der Waals surface area contributed by atoms with E-state index in [0.29, 0.717) is 16.4 Å². The number of hydrogen-bond acceptors (Lipinski definition) is 2. The lowest BCUT2D eigenvalue weighted by Crippen LogP contribution is -2.09. The average molecular weight is 256 g/mol. The van der Waals surface area contributed by atoms with Gasteiger partial charge in [-0.3, -0.25) is 0 Å². The van der Waals surface area contributed by atoms with E-state index in [1.807, 2.05) is 0 Å². The second kappa shape index (κ2) is 4.63. The van der Waals surface area contributed by atoms with Gasteiger partial charge in [-0.05, 0) is 30.3 Å². The van der Waals surface area contributed by atoms with Crippen LogP contribution in [-0.2, 0) is 0 Å². The Morgan fingerprint density at radius 1 is 1.38 bits per heavy atom. The summed E-state index contributed by atoms with van der Waals surface area (Å²) in [4.78, 5) is 0.424. The normalized spacial score (nSPS) is 10.1. The highest BCUT2D eigenvalue weighted by molar-refractivity contribution is 7.81. The largest absolute Gasteiger partial charge is 0.462 e. The zero-order valence-corrected chi connectivity index (χ0v) is 9.61. The number of nitrogens with one attached hydrogen (secondary N) is 1. The standard InChI is InChI=1S/C11H7ClFNOS/c12-8-6-7(3-4-9(8)13)14-11(16)10-2-1-5-15-10/h1-6H,(H,14,16). The Labute approximate surface area is 102 Å². The molecule has 0 bridgehead atoms. The maximum Gasteiger partial charge on any atom is 0.161 e. The van der Waals surface area contributed by atoms with Crippen molar-refractivity contribution in [1.29, 1.82) is 0 Å². The van der Waals surface area contributed by atoms with E-state index < -0.39 is 5.82 Å². The summed E-state index contributed by atoms with van der Waals surface area (Å²) in [5.74, 6) is 0.0894. The predicted octanol–water partition coefficient (Wildman–Crippen LogP) is 3.86. The Balaban J connectivity index is 2.15. The lowest BCUT2D eigenvalue weighted by molar-refractivity contribution is 0.559. The monoisotopic (exact) mass is 255 g/mol. The van der Waals surface area contributed by atoms with Gasteiger partial charge in [-0.25, -0.2) is 4.39 Å². The molecule has 0 saturated heterocycles. The summed E-state index contributed by atoms with van der Waals surface area (Å²) in [6.45, 7) is 0. The lowest BCUT2D eigenvalue weighted by Gasteiger charge is -2.06. The molecule has 0 unspecified atom stereocenters. The number of rotatable bonds is 2. The van der Waals surface area contributed by atoms with Gasteiger partial charge in [0.1, 0.15) is 10.8 Å². The highest BCUT2D eigenvalue weighted by Gasteiger charge is 2.06. The Bertz CT molecular complexity index is 513. The third-order valence-corrected chi connectivity index (χ3v) is 2.52. The maximum atomic E-state index is 12.9. The van der Waals surface area contributed by atoms with Crippen LogP contribution in [-0.4, -0.2) is 4.99 Å². The van der Waals surface area contributed by atoms with Crippen molar-refractivity contribution in [2.45, 2.75) is 0 Å². The van der Waals surface area contributed by atoms with Crippen LogP contribution in [0, 0.1) is 5.82 Å². The van der Waals surface area contributed by atoms with Gasteiger partial charge in [0.25, 0.3) is 0 Å². The lowest BCUT2D eigenvalue weighted by atomic mass is 10.3. The molecule has 0 fully saturated rings. The van der Waals surface area contributed by atoms with E-state index >= 15 is 0 Å². The van der Waals surface area contributed by atoms with Gasteiger partial charge in [-0.15, -0.1) is 0 Å². The van der Waals surface area contributed by atoms with E-state index in [0.717, 1.165) is 0 Å². The quantitative estimate of drug-likeness (QED) is 0.825. The van der Waals surface area contributed by atoms with E-state index in [2.05, 4.69) is 5.32 Å². The summed E-state index contributed by atoms with van der Waals surface area (Å²) in [6, 6.07) is 7.76. The summed E-state index contributed by atoms with van der Waals surface area (Å²) < 4.78 is 18.0. The molecular weight excluding hydrogens is 249 g/mol. The number of benzene rings is 1. The summed E-state index contributed by atoms with van der Waals surface area (Å²) >= 11 is 10.7. The molecular formula is C11H7ClFNOS. The Hall–Kier alpha value is -1.39. The van der Waals surface area contributed by atoms with Crippen molar-refractivity contribution in [2.75, 3.05) is 5.32 Å². The van der Waals surface area contributed by atoms with E-state index in [1.54, 1.807) is 18.2 Å². The molecule has 5 heteroatoms. The topological polar surface area (TPSA) is 25.2 Å². The van der Waals surface area contributed by atoms with E-state index in [4.69, 9.17) is 28.2 Å². The molecule has 0 atom stereocenters. The van der Waals surface area contributed by atoms with Crippen LogP contribution in [0.3, 0.4) is 0 Å². The molecule has 1 N–H and O–H groups in total. The zero-order chi connectivity index (χ0) is 11.5. The molecule has 1 aromatic carbocycles. The molecule has 2 nitrogen and oxygen atoms in total. The first-order chi connectivity index (χ1) is 7.66. The number of furan rings is 1. The summed E-state index contributed by atoms with van der Waals surface area (Å²) in [7, 11) is 0. The van der Waals surface area contributed by atoms with Crippen LogP contribution >= 0.6 is 23.8 Å². The summed E-state index contributed by atoms with van der Waals surface area (Å²) in [6.07, 6.45) is 1.53. The minimum Gasteiger partial charge on any atom is -0.462 e. The third kappa shape index (κ3) is 2.40. The van der Waals surface area contributed by atoms with Crippen molar-refractivity contribution in [3.63, 3.8) is 0 Å². The molecule has 0 amide bonds. The fourth-order valence-electron chi connectivity index (χ4n) is 1.17. The highest BCUT2D eigenvalue weighted by atomic mass is 35.5. The molecule has 0 spiro atoms. The van der Waals surface area contributed by atoms with Crippen LogP contribution in [0.25, 0.3) is 0 Å². The summed E-state index contributed by atoms with van der Waals surface area (Å²) in [5.41, 5.74) is 0.618. The van der Waals surface area contributed by atoms with Crippen LogP contribution in [0.2, 0.25) is 5.02 Å². The van der Waals surface area contributed by atoms with E-state index in [-0.39, 0.29) is 5.02 Å². The predicted molar refractivity (Wildman–Crippen MR) is 65.4 cm³/mol. The van der Waals surface area contributed by atoms with E-state index in [9.17, 15) is 4.39 Å². The molecule has 1 heterocycles. The molecule has 82 valence electrons. The molecule has 1 aromatic heterocycles.